The molecule has 0 aromatic carbocycles. The van der Waals surface area contributed by atoms with E-state index in [1.807, 2.05) is 18.4 Å². The van der Waals surface area contributed by atoms with Crippen LogP contribution in [0.5, 0.6) is 0 Å². The molecule has 3 rings (SSSR count). The number of aromatic nitrogens is 1. The van der Waals surface area contributed by atoms with Gasteiger partial charge in [0.05, 0.1) is 15.6 Å². The van der Waals surface area contributed by atoms with E-state index in [1.165, 1.54) is 22.6 Å². The molecule has 2 aromatic heterocycles. The number of nitrogens with one attached hydrogen (secondary N) is 1. The topological polar surface area (TPSA) is 40.5 Å². The Morgan fingerprint density at radius 3 is 2.78 bits per heavy atom. The van der Waals surface area contributed by atoms with Crippen molar-refractivity contribution in [1.82, 2.24) is 15.2 Å². The van der Waals surface area contributed by atoms with Crippen molar-refractivity contribution in [2.45, 2.75) is 26.2 Å². The fourth-order valence-electron chi connectivity index (χ4n) is 2.69. The van der Waals surface area contributed by atoms with Gasteiger partial charge in [-0.25, -0.2) is 4.98 Å². The fourth-order valence-corrected chi connectivity index (χ4v) is 4.34. The summed E-state index contributed by atoms with van der Waals surface area (Å²) in [6.45, 7) is 5.24. The van der Waals surface area contributed by atoms with E-state index in [1.54, 1.807) is 11.3 Å². The van der Waals surface area contributed by atoms with Gasteiger partial charge < -0.3 is 10.2 Å². The second-order valence-corrected chi connectivity index (χ2v) is 7.67. The van der Waals surface area contributed by atoms with Gasteiger partial charge in [-0.15, -0.1) is 46.7 Å². The second kappa shape index (κ2) is 8.98. The average Bonchev–Trinajstić information content (AvgIpc) is 3.24. The molecule has 0 spiro atoms. The smallest absolute Gasteiger partial charge is 0.193 e. The van der Waals surface area contributed by atoms with Crippen LogP contribution in [0.25, 0.3) is 10.6 Å². The van der Waals surface area contributed by atoms with Gasteiger partial charge in [0, 0.05) is 36.9 Å². The molecule has 23 heavy (non-hydrogen) atoms. The van der Waals surface area contributed by atoms with E-state index in [-0.39, 0.29) is 24.0 Å². The van der Waals surface area contributed by atoms with Gasteiger partial charge in [-0.3, -0.25) is 4.99 Å². The first-order valence-corrected chi connectivity index (χ1v) is 9.42. The molecule has 0 amide bonds. The molecule has 0 bridgehead atoms. The zero-order chi connectivity index (χ0) is 15.4. The van der Waals surface area contributed by atoms with Crippen LogP contribution >= 0.6 is 46.7 Å². The van der Waals surface area contributed by atoms with Crippen molar-refractivity contribution in [2.24, 2.45) is 4.99 Å². The third kappa shape index (κ3) is 4.90. The first-order valence-electron chi connectivity index (χ1n) is 7.73. The maximum atomic E-state index is 4.56. The highest BCUT2D eigenvalue weighted by molar-refractivity contribution is 14.0. The third-order valence-electron chi connectivity index (χ3n) is 3.81. The Balaban J connectivity index is 0.00000192. The number of nitrogens with zero attached hydrogens (tertiary/aromatic N) is 3. The molecular weight excluding hydrogens is 439 g/mol. The van der Waals surface area contributed by atoms with Crippen LogP contribution in [0, 0.1) is 6.92 Å². The summed E-state index contributed by atoms with van der Waals surface area (Å²) in [5, 5.41) is 6.75. The lowest BCUT2D eigenvalue weighted by Crippen LogP contribution is -2.40. The number of aryl methyl sites for hydroxylation is 1. The van der Waals surface area contributed by atoms with Gasteiger partial charge in [-0.05, 0) is 38.3 Å². The minimum atomic E-state index is 0. The standard InChI is InChI=1S/C16H22N4S2.HI/c1-12-19-14(11-21-12)15-6-5-13(22-15)7-8-18-16(17-2)20-9-3-4-10-20;/h5-6,11H,3-4,7-10H2,1-2H3,(H,17,18);1H. The van der Waals surface area contributed by atoms with Crippen LogP contribution in [0.3, 0.4) is 0 Å². The predicted molar refractivity (Wildman–Crippen MR) is 111 cm³/mol. The molecule has 1 N–H and O–H groups in total. The summed E-state index contributed by atoms with van der Waals surface area (Å²) in [7, 11) is 1.87. The molecule has 0 unspecified atom stereocenters. The Hall–Kier alpha value is -0.670. The number of aliphatic imine (C=N–C) groups is 1. The zero-order valence-corrected chi connectivity index (χ0v) is 17.5. The molecular formula is C16H23IN4S2. The number of guanidine groups is 1. The third-order valence-corrected chi connectivity index (χ3v) is 5.75. The average molecular weight is 462 g/mol. The lowest BCUT2D eigenvalue weighted by Gasteiger charge is -2.20. The van der Waals surface area contributed by atoms with Crippen molar-refractivity contribution in [3.8, 4) is 10.6 Å². The van der Waals surface area contributed by atoms with Gasteiger partial charge in [0.25, 0.3) is 0 Å². The van der Waals surface area contributed by atoms with Crippen molar-refractivity contribution in [3.05, 3.63) is 27.4 Å². The molecule has 1 saturated heterocycles. The molecule has 0 radical (unpaired) electrons. The lowest BCUT2D eigenvalue weighted by atomic mass is 10.3. The maximum absolute atomic E-state index is 4.56. The Morgan fingerprint density at radius 2 is 2.13 bits per heavy atom. The van der Waals surface area contributed by atoms with Crippen molar-refractivity contribution in [1.29, 1.82) is 0 Å². The number of thiazole rings is 1. The van der Waals surface area contributed by atoms with Crippen LogP contribution in [-0.4, -0.2) is 42.5 Å². The van der Waals surface area contributed by atoms with Crippen molar-refractivity contribution < 1.29 is 0 Å². The van der Waals surface area contributed by atoms with E-state index in [0.717, 1.165) is 42.7 Å². The minimum Gasteiger partial charge on any atom is -0.356 e. The Bertz CT molecular complexity index is 644. The quantitative estimate of drug-likeness (QED) is 0.424. The molecule has 1 aliphatic heterocycles. The van der Waals surface area contributed by atoms with Crippen molar-refractivity contribution in [3.63, 3.8) is 0 Å². The van der Waals surface area contributed by atoms with E-state index in [4.69, 9.17) is 0 Å². The summed E-state index contributed by atoms with van der Waals surface area (Å²) in [5.74, 6) is 1.05. The summed E-state index contributed by atoms with van der Waals surface area (Å²) >= 11 is 3.55. The van der Waals surface area contributed by atoms with Crippen LogP contribution in [-0.2, 0) is 6.42 Å². The Labute approximate surface area is 163 Å². The Morgan fingerprint density at radius 1 is 1.35 bits per heavy atom. The zero-order valence-electron chi connectivity index (χ0n) is 13.5. The summed E-state index contributed by atoms with van der Waals surface area (Å²) < 4.78 is 0. The van der Waals surface area contributed by atoms with E-state index in [9.17, 15) is 0 Å². The van der Waals surface area contributed by atoms with Gasteiger partial charge in [0.15, 0.2) is 5.96 Å². The van der Waals surface area contributed by atoms with E-state index < -0.39 is 0 Å². The number of thiophene rings is 1. The first kappa shape index (κ1) is 18.7. The highest BCUT2D eigenvalue weighted by atomic mass is 127. The molecule has 1 fully saturated rings. The highest BCUT2D eigenvalue weighted by Crippen LogP contribution is 2.29. The molecule has 2 aromatic rings. The number of rotatable bonds is 4. The van der Waals surface area contributed by atoms with Crippen LogP contribution in [0.2, 0.25) is 0 Å². The summed E-state index contributed by atoms with van der Waals surface area (Å²) in [4.78, 5) is 13.9. The monoisotopic (exact) mass is 462 g/mol. The normalized spacial score (nSPS) is 14.9. The fraction of sp³-hybridized carbons (Fsp3) is 0.500. The number of likely N-dealkylation sites (tertiary alicyclic amines) is 1. The van der Waals surface area contributed by atoms with Crippen molar-refractivity contribution in [2.75, 3.05) is 26.7 Å². The summed E-state index contributed by atoms with van der Waals surface area (Å²) in [6.07, 6.45) is 3.59. The lowest BCUT2D eigenvalue weighted by molar-refractivity contribution is 0.494. The molecule has 4 nitrogen and oxygen atoms in total. The Kier molecular flexibility index (Phi) is 7.29. The van der Waals surface area contributed by atoms with E-state index in [0.29, 0.717) is 0 Å². The molecule has 3 heterocycles. The largest absolute Gasteiger partial charge is 0.356 e. The van der Waals surface area contributed by atoms with Crippen molar-refractivity contribution >= 4 is 52.6 Å². The summed E-state index contributed by atoms with van der Waals surface area (Å²) in [6, 6.07) is 4.40. The van der Waals surface area contributed by atoms with Gasteiger partial charge in [0.1, 0.15) is 0 Å². The number of hydrogen-bond acceptors (Lipinski definition) is 4. The molecule has 126 valence electrons. The summed E-state index contributed by atoms with van der Waals surface area (Å²) in [5.41, 5.74) is 1.11. The van der Waals surface area contributed by atoms with Crippen LogP contribution in [0.4, 0.5) is 0 Å². The van der Waals surface area contributed by atoms with E-state index >= 15 is 0 Å². The molecule has 1 aliphatic rings. The van der Waals surface area contributed by atoms with Crippen LogP contribution in [0.15, 0.2) is 22.5 Å². The van der Waals surface area contributed by atoms with E-state index in [2.05, 4.69) is 44.6 Å². The second-order valence-electron chi connectivity index (χ2n) is 5.44. The minimum absolute atomic E-state index is 0. The molecule has 0 atom stereocenters. The molecule has 0 aliphatic carbocycles. The molecule has 7 heteroatoms. The van der Waals surface area contributed by atoms with Gasteiger partial charge in [-0.2, -0.15) is 0 Å². The van der Waals surface area contributed by atoms with Gasteiger partial charge >= 0.3 is 0 Å². The van der Waals surface area contributed by atoms with Crippen LogP contribution in [0.1, 0.15) is 22.7 Å². The predicted octanol–water partition coefficient (Wildman–Crippen LogP) is 4.01. The SMILES string of the molecule is CN=C(NCCc1ccc(-c2csc(C)n2)s1)N1CCCC1.I. The molecule has 0 saturated carbocycles. The number of halogens is 1. The van der Waals surface area contributed by atoms with Crippen LogP contribution < -0.4 is 5.32 Å². The van der Waals surface area contributed by atoms with Gasteiger partial charge in [-0.1, -0.05) is 0 Å². The highest BCUT2D eigenvalue weighted by Gasteiger charge is 2.15. The number of hydrogen-bond donors (Lipinski definition) is 1. The first-order chi connectivity index (χ1) is 10.8. The van der Waals surface area contributed by atoms with Gasteiger partial charge in [0.2, 0.25) is 0 Å². The maximum Gasteiger partial charge on any atom is 0.193 e.